The van der Waals surface area contributed by atoms with Crippen LogP contribution in [0.25, 0.3) is 0 Å². The van der Waals surface area contributed by atoms with Gasteiger partial charge in [-0.05, 0) is 49.6 Å². The maximum absolute atomic E-state index is 12.6. The summed E-state index contributed by atoms with van der Waals surface area (Å²) in [5.74, 6) is 0.330. The van der Waals surface area contributed by atoms with Crippen LogP contribution in [0, 0.1) is 6.92 Å². The number of nitrogens with zero attached hydrogens (tertiary/aromatic N) is 3. The van der Waals surface area contributed by atoms with Crippen LogP contribution in [0.15, 0.2) is 60.8 Å². The Bertz CT molecular complexity index is 937. The molecule has 3 aromatic rings. The highest BCUT2D eigenvalue weighted by Gasteiger charge is 2.20. The van der Waals surface area contributed by atoms with Crippen LogP contribution in [0.1, 0.15) is 28.0 Å². The van der Waals surface area contributed by atoms with Crippen molar-refractivity contribution in [3.05, 3.63) is 77.6 Å². The van der Waals surface area contributed by atoms with Crippen molar-refractivity contribution in [2.75, 3.05) is 16.8 Å². The lowest BCUT2D eigenvalue weighted by Crippen LogP contribution is -2.27. The molecule has 0 atom stereocenters. The molecule has 0 saturated heterocycles. The summed E-state index contributed by atoms with van der Waals surface area (Å²) in [6, 6.07) is 17.6. The quantitative estimate of drug-likeness (QED) is 0.776. The van der Waals surface area contributed by atoms with Gasteiger partial charge in [0.05, 0.1) is 0 Å². The topological polar surface area (TPSA) is 58.1 Å². The second-order valence-electron chi connectivity index (χ2n) is 6.45. The largest absolute Gasteiger partial charge is 0.321 e. The monoisotopic (exact) mass is 344 g/mol. The van der Waals surface area contributed by atoms with Crippen molar-refractivity contribution >= 4 is 23.2 Å². The van der Waals surface area contributed by atoms with Gasteiger partial charge < -0.3 is 10.2 Å². The fourth-order valence-corrected chi connectivity index (χ4v) is 3.18. The average molecular weight is 344 g/mol. The van der Waals surface area contributed by atoms with Gasteiger partial charge in [0.15, 0.2) is 0 Å². The van der Waals surface area contributed by atoms with Crippen LogP contribution < -0.4 is 10.2 Å². The number of aromatic nitrogens is 2. The Hall–Kier alpha value is -3.21. The minimum Gasteiger partial charge on any atom is -0.321 e. The van der Waals surface area contributed by atoms with E-state index in [9.17, 15) is 4.79 Å². The number of hydrogen-bond acceptors (Lipinski definition) is 4. The summed E-state index contributed by atoms with van der Waals surface area (Å²) in [7, 11) is 0. The normalized spacial score (nSPS) is 13.2. The molecule has 5 heteroatoms. The van der Waals surface area contributed by atoms with Crippen molar-refractivity contribution in [2.45, 2.75) is 19.8 Å². The minimum atomic E-state index is -0.234. The smallest absolute Gasteiger partial charge is 0.274 e. The van der Waals surface area contributed by atoms with Crippen molar-refractivity contribution in [2.24, 2.45) is 0 Å². The molecule has 0 radical (unpaired) electrons. The number of hydrogen-bond donors (Lipinski definition) is 1. The molecule has 5 nitrogen and oxygen atoms in total. The molecule has 4 rings (SSSR count). The van der Waals surface area contributed by atoms with Crippen molar-refractivity contribution < 1.29 is 4.79 Å². The molecule has 26 heavy (non-hydrogen) atoms. The fraction of sp³-hybridized carbons (Fsp3) is 0.190. The highest BCUT2D eigenvalue weighted by Crippen LogP contribution is 2.31. The molecule has 0 spiro atoms. The van der Waals surface area contributed by atoms with E-state index in [1.165, 1.54) is 5.56 Å². The van der Waals surface area contributed by atoms with Crippen LogP contribution in [0.3, 0.4) is 0 Å². The van der Waals surface area contributed by atoms with Crippen LogP contribution in [-0.2, 0) is 6.42 Å². The fourth-order valence-electron chi connectivity index (χ4n) is 3.18. The molecule has 1 aliphatic rings. The van der Waals surface area contributed by atoms with E-state index in [0.29, 0.717) is 11.6 Å². The SMILES string of the molecule is Cc1ccc(NC(=O)c2ccnc(N3CCCc4ccccc43)n2)cc1. The van der Waals surface area contributed by atoms with Gasteiger partial charge in [-0.2, -0.15) is 0 Å². The highest BCUT2D eigenvalue weighted by atomic mass is 16.1. The first-order valence-corrected chi connectivity index (χ1v) is 8.77. The third-order valence-corrected chi connectivity index (χ3v) is 4.54. The molecule has 2 heterocycles. The highest BCUT2D eigenvalue weighted by molar-refractivity contribution is 6.03. The number of nitrogens with one attached hydrogen (secondary N) is 1. The van der Waals surface area contributed by atoms with Gasteiger partial charge in [0.2, 0.25) is 5.95 Å². The molecule has 1 amide bonds. The molecular weight excluding hydrogens is 324 g/mol. The molecule has 1 N–H and O–H groups in total. The number of para-hydroxylation sites is 1. The second kappa shape index (κ2) is 6.96. The Balaban J connectivity index is 1.59. The Morgan fingerprint density at radius 2 is 1.88 bits per heavy atom. The van der Waals surface area contributed by atoms with Crippen molar-refractivity contribution in [1.82, 2.24) is 9.97 Å². The first-order valence-electron chi connectivity index (χ1n) is 8.77. The minimum absolute atomic E-state index is 0.234. The second-order valence-corrected chi connectivity index (χ2v) is 6.45. The van der Waals surface area contributed by atoms with Gasteiger partial charge in [-0.1, -0.05) is 35.9 Å². The van der Waals surface area contributed by atoms with E-state index >= 15 is 0 Å². The van der Waals surface area contributed by atoms with Crippen molar-refractivity contribution in [1.29, 1.82) is 0 Å². The first kappa shape index (κ1) is 16.3. The zero-order valence-corrected chi connectivity index (χ0v) is 14.6. The van der Waals surface area contributed by atoms with Gasteiger partial charge >= 0.3 is 0 Å². The zero-order valence-electron chi connectivity index (χ0n) is 14.6. The number of rotatable bonds is 3. The maximum atomic E-state index is 12.6. The lowest BCUT2D eigenvalue weighted by atomic mass is 10.0. The molecule has 1 aromatic heterocycles. The van der Waals surface area contributed by atoms with Gasteiger partial charge in [-0.15, -0.1) is 0 Å². The molecule has 130 valence electrons. The number of anilines is 3. The summed E-state index contributed by atoms with van der Waals surface area (Å²) in [5, 5.41) is 2.89. The van der Waals surface area contributed by atoms with E-state index < -0.39 is 0 Å². The van der Waals surface area contributed by atoms with E-state index in [1.807, 2.05) is 37.3 Å². The zero-order chi connectivity index (χ0) is 17.9. The predicted octanol–water partition coefficient (Wildman–Crippen LogP) is 4.12. The molecular formula is C21H20N4O. The predicted molar refractivity (Wildman–Crippen MR) is 103 cm³/mol. The number of amides is 1. The molecule has 2 aromatic carbocycles. The summed E-state index contributed by atoms with van der Waals surface area (Å²) in [6.45, 7) is 2.86. The summed E-state index contributed by atoms with van der Waals surface area (Å²) >= 11 is 0. The van der Waals surface area contributed by atoms with E-state index in [4.69, 9.17) is 0 Å². The number of aryl methyl sites for hydroxylation is 2. The Labute approximate surface area is 152 Å². The molecule has 0 fully saturated rings. The summed E-state index contributed by atoms with van der Waals surface area (Å²) in [4.78, 5) is 23.6. The average Bonchev–Trinajstić information content (AvgIpc) is 2.69. The number of carbonyl (C=O) groups is 1. The van der Waals surface area contributed by atoms with Crippen molar-refractivity contribution in [3.8, 4) is 0 Å². The maximum Gasteiger partial charge on any atom is 0.274 e. The van der Waals surface area contributed by atoms with Crippen LogP contribution in [0.4, 0.5) is 17.3 Å². The Kier molecular flexibility index (Phi) is 4.35. The van der Waals surface area contributed by atoms with Gasteiger partial charge in [-0.3, -0.25) is 4.79 Å². The summed E-state index contributed by atoms with van der Waals surface area (Å²) in [5.41, 5.74) is 4.67. The molecule has 0 bridgehead atoms. The summed E-state index contributed by atoms with van der Waals surface area (Å²) < 4.78 is 0. The number of carbonyl (C=O) groups excluding carboxylic acids is 1. The third-order valence-electron chi connectivity index (χ3n) is 4.54. The third kappa shape index (κ3) is 3.28. The number of benzene rings is 2. The van der Waals surface area contributed by atoms with E-state index in [1.54, 1.807) is 12.3 Å². The van der Waals surface area contributed by atoms with Crippen LogP contribution in [-0.4, -0.2) is 22.4 Å². The summed E-state index contributed by atoms with van der Waals surface area (Å²) in [6.07, 6.45) is 3.74. The van der Waals surface area contributed by atoms with Crippen LogP contribution >= 0.6 is 0 Å². The van der Waals surface area contributed by atoms with Crippen LogP contribution in [0.5, 0.6) is 0 Å². The van der Waals surface area contributed by atoms with Gasteiger partial charge in [0, 0.05) is 24.1 Å². The Morgan fingerprint density at radius 3 is 2.73 bits per heavy atom. The lowest BCUT2D eigenvalue weighted by Gasteiger charge is -2.29. The molecule has 1 aliphatic heterocycles. The molecule has 0 aliphatic carbocycles. The van der Waals surface area contributed by atoms with E-state index in [2.05, 4.69) is 38.4 Å². The van der Waals surface area contributed by atoms with Crippen LogP contribution in [0.2, 0.25) is 0 Å². The standard InChI is InChI=1S/C21H20N4O/c1-15-8-10-17(11-9-15)23-20(26)18-12-13-22-21(24-18)25-14-4-6-16-5-2-3-7-19(16)25/h2-3,5,7-13H,4,6,14H2,1H3,(H,23,26). The van der Waals surface area contributed by atoms with E-state index in [-0.39, 0.29) is 5.91 Å². The number of fused-ring (bicyclic) bond motifs is 1. The lowest BCUT2D eigenvalue weighted by molar-refractivity contribution is 0.102. The van der Waals surface area contributed by atoms with Gasteiger partial charge in [0.1, 0.15) is 5.69 Å². The van der Waals surface area contributed by atoms with Crippen molar-refractivity contribution in [3.63, 3.8) is 0 Å². The first-order chi connectivity index (χ1) is 12.7. The van der Waals surface area contributed by atoms with Gasteiger partial charge in [0.25, 0.3) is 5.91 Å². The Morgan fingerprint density at radius 1 is 1.08 bits per heavy atom. The molecule has 0 unspecified atom stereocenters. The molecule has 0 saturated carbocycles. The van der Waals surface area contributed by atoms with Gasteiger partial charge in [-0.25, -0.2) is 9.97 Å². The van der Waals surface area contributed by atoms with E-state index in [0.717, 1.165) is 36.3 Å².